The van der Waals surface area contributed by atoms with Crippen molar-refractivity contribution >= 4 is 23.4 Å². The van der Waals surface area contributed by atoms with Crippen LogP contribution in [-0.4, -0.2) is 46.3 Å². The van der Waals surface area contributed by atoms with Crippen molar-refractivity contribution in [3.63, 3.8) is 0 Å². The Bertz CT molecular complexity index is 790. The van der Waals surface area contributed by atoms with E-state index in [1.807, 2.05) is 12.1 Å². The SMILES string of the molecule is NC1CCC(Nc2ncc(Cl)c(-c3ccnc(NC[C@@H]4CCCO4)c3)n2)CC1. The zero-order chi connectivity index (χ0) is 19.3. The summed E-state index contributed by atoms with van der Waals surface area (Å²) < 4.78 is 5.66. The molecule has 3 heterocycles. The molecule has 150 valence electrons. The first-order valence-electron chi connectivity index (χ1n) is 10.0. The van der Waals surface area contributed by atoms with Crippen LogP contribution in [0.1, 0.15) is 38.5 Å². The smallest absolute Gasteiger partial charge is 0.223 e. The lowest BCUT2D eigenvalue weighted by atomic mass is 9.92. The monoisotopic (exact) mass is 402 g/mol. The highest BCUT2D eigenvalue weighted by Gasteiger charge is 2.20. The van der Waals surface area contributed by atoms with Crippen LogP contribution in [0.3, 0.4) is 0 Å². The van der Waals surface area contributed by atoms with Crippen molar-refractivity contribution in [3.8, 4) is 11.3 Å². The van der Waals surface area contributed by atoms with E-state index < -0.39 is 0 Å². The first-order chi connectivity index (χ1) is 13.7. The molecule has 1 atom stereocenters. The van der Waals surface area contributed by atoms with Gasteiger partial charge in [-0.15, -0.1) is 0 Å². The van der Waals surface area contributed by atoms with Gasteiger partial charge in [0.1, 0.15) is 5.82 Å². The second kappa shape index (κ2) is 9.03. The number of rotatable bonds is 6. The fourth-order valence-electron chi connectivity index (χ4n) is 3.78. The second-order valence-corrected chi connectivity index (χ2v) is 8.00. The minimum atomic E-state index is 0.257. The van der Waals surface area contributed by atoms with Crippen LogP contribution in [0, 0.1) is 0 Å². The predicted molar refractivity (Wildman–Crippen MR) is 112 cm³/mol. The van der Waals surface area contributed by atoms with Crippen molar-refractivity contribution in [2.75, 3.05) is 23.8 Å². The molecule has 1 aliphatic carbocycles. The molecule has 2 fully saturated rings. The van der Waals surface area contributed by atoms with E-state index in [2.05, 4.69) is 25.6 Å². The molecule has 0 amide bonds. The average Bonchev–Trinajstić information content (AvgIpc) is 3.23. The number of halogens is 1. The molecule has 7 nitrogen and oxygen atoms in total. The average molecular weight is 403 g/mol. The third-order valence-electron chi connectivity index (χ3n) is 5.42. The van der Waals surface area contributed by atoms with Gasteiger partial charge in [0, 0.05) is 37.0 Å². The Balaban J connectivity index is 1.46. The van der Waals surface area contributed by atoms with Gasteiger partial charge in [0.15, 0.2) is 0 Å². The van der Waals surface area contributed by atoms with Gasteiger partial charge in [0.25, 0.3) is 0 Å². The number of nitrogens with one attached hydrogen (secondary N) is 2. The number of pyridine rings is 1. The fraction of sp³-hybridized carbons (Fsp3) is 0.550. The molecule has 4 rings (SSSR count). The topological polar surface area (TPSA) is 98.0 Å². The van der Waals surface area contributed by atoms with Crippen molar-refractivity contribution in [2.45, 2.75) is 56.7 Å². The minimum absolute atomic E-state index is 0.257. The Morgan fingerprint density at radius 2 is 2.04 bits per heavy atom. The van der Waals surface area contributed by atoms with E-state index in [1.165, 1.54) is 0 Å². The molecule has 2 aromatic heterocycles. The Hall–Kier alpha value is -1.96. The van der Waals surface area contributed by atoms with E-state index >= 15 is 0 Å². The third-order valence-corrected chi connectivity index (χ3v) is 5.69. The number of hydrogen-bond donors (Lipinski definition) is 3. The maximum atomic E-state index is 6.40. The van der Waals surface area contributed by atoms with Crippen LogP contribution < -0.4 is 16.4 Å². The summed E-state index contributed by atoms with van der Waals surface area (Å²) in [6.07, 6.45) is 10.0. The molecule has 1 saturated carbocycles. The lowest BCUT2D eigenvalue weighted by Crippen LogP contribution is -2.33. The summed E-state index contributed by atoms with van der Waals surface area (Å²) in [5, 5.41) is 7.30. The molecule has 0 radical (unpaired) electrons. The summed E-state index contributed by atoms with van der Waals surface area (Å²) in [6.45, 7) is 1.60. The van der Waals surface area contributed by atoms with Gasteiger partial charge in [0.2, 0.25) is 5.95 Å². The highest BCUT2D eigenvalue weighted by molar-refractivity contribution is 6.32. The molecule has 1 saturated heterocycles. The summed E-state index contributed by atoms with van der Waals surface area (Å²) in [6, 6.07) is 4.55. The van der Waals surface area contributed by atoms with Gasteiger partial charge in [-0.05, 0) is 50.7 Å². The third kappa shape index (κ3) is 4.90. The number of hydrogen-bond acceptors (Lipinski definition) is 7. The number of aromatic nitrogens is 3. The van der Waals surface area contributed by atoms with E-state index in [0.29, 0.717) is 28.7 Å². The normalized spacial score (nSPS) is 24.9. The Kier molecular flexibility index (Phi) is 6.24. The lowest BCUT2D eigenvalue weighted by molar-refractivity contribution is 0.120. The summed E-state index contributed by atoms with van der Waals surface area (Å²) in [4.78, 5) is 13.4. The van der Waals surface area contributed by atoms with Gasteiger partial charge in [-0.3, -0.25) is 0 Å². The molecular weight excluding hydrogens is 376 g/mol. The van der Waals surface area contributed by atoms with Crippen molar-refractivity contribution in [1.29, 1.82) is 0 Å². The predicted octanol–water partition coefficient (Wildman–Crippen LogP) is 3.46. The minimum Gasteiger partial charge on any atom is -0.376 e. The molecule has 0 spiro atoms. The lowest BCUT2D eigenvalue weighted by Gasteiger charge is -2.26. The van der Waals surface area contributed by atoms with Crippen molar-refractivity contribution in [3.05, 3.63) is 29.5 Å². The molecule has 2 aliphatic rings. The molecule has 0 unspecified atom stereocenters. The molecule has 1 aliphatic heterocycles. The standard InChI is InChI=1S/C20H27ClN6O/c21-17-12-25-20(26-15-5-3-14(22)4-6-15)27-19(17)13-7-8-23-18(10-13)24-11-16-2-1-9-28-16/h7-8,10,12,14-16H,1-6,9,11,22H2,(H,23,24)(H,25,26,27)/t14?,15?,16-/m0/s1. The molecule has 4 N–H and O–H groups in total. The zero-order valence-electron chi connectivity index (χ0n) is 15.9. The van der Waals surface area contributed by atoms with Gasteiger partial charge >= 0.3 is 0 Å². The summed E-state index contributed by atoms with van der Waals surface area (Å²) in [5.74, 6) is 1.39. The summed E-state index contributed by atoms with van der Waals surface area (Å²) in [5.41, 5.74) is 7.60. The van der Waals surface area contributed by atoms with Crippen LogP contribution in [0.25, 0.3) is 11.3 Å². The van der Waals surface area contributed by atoms with Crippen LogP contribution >= 0.6 is 11.6 Å². The van der Waals surface area contributed by atoms with E-state index in [-0.39, 0.29) is 6.10 Å². The molecule has 2 aromatic rings. The van der Waals surface area contributed by atoms with Gasteiger partial charge in [-0.1, -0.05) is 11.6 Å². The molecule has 28 heavy (non-hydrogen) atoms. The molecule has 8 heteroatoms. The van der Waals surface area contributed by atoms with Gasteiger partial charge < -0.3 is 21.1 Å². The van der Waals surface area contributed by atoms with E-state index in [4.69, 9.17) is 22.1 Å². The van der Waals surface area contributed by atoms with Crippen molar-refractivity contribution in [1.82, 2.24) is 15.0 Å². The second-order valence-electron chi connectivity index (χ2n) is 7.59. The Labute approximate surface area is 170 Å². The number of anilines is 2. The highest BCUT2D eigenvalue weighted by atomic mass is 35.5. The number of ether oxygens (including phenoxy) is 1. The van der Waals surface area contributed by atoms with Crippen LogP contribution in [-0.2, 0) is 4.74 Å². The van der Waals surface area contributed by atoms with E-state index in [1.54, 1.807) is 12.4 Å². The van der Waals surface area contributed by atoms with Crippen molar-refractivity contribution in [2.24, 2.45) is 5.73 Å². The van der Waals surface area contributed by atoms with Gasteiger partial charge in [0.05, 0.1) is 23.0 Å². The number of nitrogens with two attached hydrogens (primary N) is 1. The highest BCUT2D eigenvalue weighted by Crippen LogP contribution is 2.28. The Morgan fingerprint density at radius 3 is 2.82 bits per heavy atom. The largest absolute Gasteiger partial charge is 0.376 e. The van der Waals surface area contributed by atoms with Crippen LogP contribution in [0.4, 0.5) is 11.8 Å². The first kappa shape index (κ1) is 19.4. The maximum absolute atomic E-state index is 6.40. The molecule has 0 bridgehead atoms. The van der Waals surface area contributed by atoms with Crippen molar-refractivity contribution < 1.29 is 4.74 Å². The van der Waals surface area contributed by atoms with Gasteiger partial charge in [-0.25, -0.2) is 15.0 Å². The molecule has 0 aromatic carbocycles. The zero-order valence-corrected chi connectivity index (χ0v) is 16.7. The first-order valence-corrected chi connectivity index (χ1v) is 10.4. The van der Waals surface area contributed by atoms with E-state index in [0.717, 1.165) is 63.1 Å². The maximum Gasteiger partial charge on any atom is 0.223 e. The van der Waals surface area contributed by atoms with E-state index in [9.17, 15) is 0 Å². The Morgan fingerprint density at radius 1 is 1.18 bits per heavy atom. The summed E-state index contributed by atoms with van der Waals surface area (Å²) >= 11 is 6.40. The summed E-state index contributed by atoms with van der Waals surface area (Å²) in [7, 11) is 0. The van der Waals surface area contributed by atoms with Crippen LogP contribution in [0.15, 0.2) is 24.5 Å². The number of nitrogens with zero attached hydrogens (tertiary/aromatic N) is 3. The fourth-order valence-corrected chi connectivity index (χ4v) is 3.98. The van der Waals surface area contributed by atoms with Gasteiger partial charge in [-0.2, -0.15) is 0 Å². The van der Waals surface area contributed by atoms with Crippen LogP contribution in [0.5, 0.6) is 0 Å². The van der Waals surface area contributed by atoms with Crippen LogP contribution in [0.2, 0.25) is 5.02 Å². The quantitative estimate of drug-likeness (QED) is 0.680. The molecular formula is C20H27ClN6O.